The number of rotatable bonds is 6. The molecule has 6 nitrogen and oxygen atoms in total. The van der Waals surface area contributed by atoms with E-state index >= 15 is 0 Å². The minimum atomic E-state index is 0.0792. The van der Waals surface area contributed by atoms with E-state index in [0.717, 1.165) is 62.9 Å². The zero-order valence-corrected chi connectivity index (χ0v) is 17.6. The molecule has 0 radical (unpaired) electrons. The number of hydrogen-bond donors (Lipinski definition) is 0. The van der Waals surface area contributed by atoms with E-state index in [4.69, 9.17) is 14.2 Å². The standard InChI is InChI=1S/C21H30N2O4S/c1-25-19-6-4-17(14-20(19)26-2)5-7-21(24)23-8-3-13-28-16-18(23)15-22-9-11-27-12-10-22/h4-7,14,18H,3,8-13,15-16H2,1-2H3/b7-5+. The molecular formula is C21H30N2O4S. The number of carbonyl (C=O) groups is 1. The maximum absolute atomic E-state index is 13.0. The number of morpholine rings is 1. The van der Waals surface area contributed by atoms with Crippen LogP contribution in [-0.4, -0.2) is 86.9 Å². The molecule has 0 bridgehead atoms. The van der Waals surface area contributed by atoms with Crippen molar-refractivity contribution < 1.29 is 19.0 Å². The summed E-state index contributed by atoms with van der Waals surface area (Å²) in [6, 6.07) is 5.90. The van der Waals surface area contributed by atoms with Crippen molar-refractivity contribution in [3.63, 3.8) is 0 Å². The van der Waals surface area contributed by atoms with Gasteiger partial charge >= 0.3 is 0 Å². The number of nitrogens with zero attached hydrogens (tertiary/aromatic N) is 2. The number of benzene rings is 1. The van der Waals surface area contributed by atoms with E-state index in [1.165, 1.54) is 0 Å². The molecule has 7 heteroatoms. The molecule has 1 amide bonds. The molecule has 2 saturated heterocycles. The smallest absolute Gasteiger partial charge is 0.246 e. The predicted molar refractivity (Wildman–Crippen MR) is 113 cm³/mol. The van der Waals surface area contributed by atoms with Crippen LogP contribution in [-0.2, 0) is 9.53 Å². The highest BCUT2D eigenvalue weighted by Crippen LogP contribution is 2.28. The summed E-state index contributed by atoms with van der Waals surface area (Å²) in [6.45, 7) is 5.21. The molecule has 3 rings (SSSR count). The van der Waals surface area contributed by atoms with Gasteiger partial charge in [-0.1, -0.05) is 6.07 Å². The summed E-state index contributed by atoms with van der Waals surface area (Å²) in [5.41, 5.74) is 0.917. The molecule has 2 aliphatic heterocycles. The van der Waals surface area contributed by atoms with Gasteiger partial charge in [0.05, 0.1) is 33.5 Å². The summed E-state index contributed by atoms with van der Waals surface area (Å²) >= 11 is 1.95. The van der Waals surface area contributed by atoms with Crippen molar-refractivity contribution in [1.82, 2.24) is 9.80 Å². The maximum Gasteiger partial charge on any atom is 0.246 e. The van der Waals surface area contributed by atoms with Crippen LogP contribution in [0.3, 0.4) is 0 Å². The summed E-state index contributed by atoms with van der Waals surface area (Å²) in [6.07, 6.45) is 4.58. The van der Waals surface area contributed by atoms with Crippen molar-refractivity contribution in [3.05, 3.63) is 29.8 Å². The average Bonchev–Trinajstić information content (AvgIpc) is 2.98. The topological polar surface area (TPSA) is 51.2 Å². The first-order valence-corrected chi connectivity index (χ1v) is 11.0. The first kappa shape index (κ1) is 21.0. The Morgan fingerprint density at radius 2 is 2.00 bits per heavy atom. The Kier molecular flexibility index (Phi) is 8.06. The molecule has 28 heavy (non-hydrogen) atoms. The van der Waals surface area contributed by atoms with E-state index in [1.807, 2.05) is 40.9 Å². The van der Waals surface area contributed by atoms with Crippen LogP contribution in [0, 0.1) is 0 Å². The first-order chi connectivity index (χ1) is 13.7. The molecule has 0 N–H and O–H groups in total. The second-order valence-electron chi connectivity index (χ2n) is 6.97. The number of ether oxygens (including phenoxy) is 3. The fraction of sp³-hybridized carbons (Fsp3) is 0.571. The molecule has 0 saturated carbocycles. The zero-order chi connectivity index (χ0) is 19.8. The second kappa shape index (κ2) is 10.7. The monoisotopic (exact) mass is 406 g/mol. The van der Waals surface area contributed by atoms with Gasteiger partial charge in [-0.3, -0.25) is 9.69 Å². The van der Waals surface area contributed by atoms with Gasteiger partial charge < -0.3 is 19.1 Å². The molecule has 0 aliphatic carbocycles. The minimum Gasteiger partial charge on any atom is -0.493 e. The minimum absolute atomic E-state index is 0.0792. The molecule has 1 atom stereocenters. The normalized spacial score (nSPS) is 21.5. The van der Waals surface area contributed by atoms with Crippen molar-refractivity contribution in [1.29, 1.82) is 0 Å². The van der Waals surface area contributed by atoms with Crippen molar-refractivity contribution >= 4 is 23.7 Å². The van der Waals surface area contributed by atoms with Gasteiger partial charge in [-0.2, -0.15) is 11.8 Å². The van der Waals surface area contributed by atoms with Crippen LogP contribution >= 0.6 is 11.8 Å². The van der Waals surface area contributed by atoms with Gasteiger partial charge in [0.25, 0.3) is 0 Å². The fourth-order valence-electron chi connectivity index (χ4n) is 3.57. The summed E-state index contributed by atoms with van der Waals surface area (Å²) in [5, 5.41) is 0. The van der Waals surface area contributed by atoms with Crippen LogP contribution in [0.1, 0.15) is 12.0 Å². The van der Waals surface area contributed by atoms with E-state index in [0.29, 0.717) is 11.5 Å². The highest BCUT2D eigenvalue weighted by Gasteiger charge is 2.27. The highest BCUT2D eigenvalue weighted by molar-refractivity contribution is 7.99. The Labute approximate surface area is 171 Å². The number of carbonyl (C=O) groups excluding carboxylic acids is 1. The van der Waals surface area contributed by atoms with Gasteiger partial charge in [0.15, 0.2) is 11.5 Å². The molecule has 2 aliphatic rings. The molecule has 1 aromatic rings. The van der Waals surface area contributed by atoms with Gasteiger partial charge in [-0.15, -0.1) is 0 Å². The van der Waals surface area contributed by atoms with Gasteiger partial charge in [0, 0.05) is 38.0 Å². The van der Waals surface area contributed by atoms with Gasteiger partial charge in [0.2, 0.25) is 5.91 Å². The fourth-order valence-corrected chi connectivity index (χ4v) is 4.63. The number of thioether (sulfide) groups is 1. The van der Waals surface area contributed by atoms with Crippen molar-refractivity contribution in [3.8, 4) is 11.5 Å². The van der Waals surface area contributed by atoms with Crippen molar-refractivity contribution in [2.24, 2.45) is 0 Å². The molecule has 1 unspecified atom stereocenters. The maximum atomic E-state index is 13.0. The molecule has 0 aromatic heterocycles. The van der Waals surface area contributed by atoms with Crippen LogP contribution < -0.4 is 9.47 Å². The summed E-state index contributed by atoms with van der Waals surface area (Å²) in [7, 11) is 3.23. The van der Waals surface area contributed by atoms with Crippen LogP contribution in [0.25, 0.3) is 6.08 Å². The lowest BCUT2D eigenvalue weighted by Gasteiger charge is -2.35. The Morgan fingerprint density at radius 1 is 1.21 bits per heavy atom. The molecule has 1 aromatic carbocycles. The third-order valence-corrected chi connectivity index (χ3v) is 6.32. The van der Waals surface area contributed by atoms with Gasteiger partial charge in [0.1, 0.15) is 0 Å². The lowest BCUT2D eigenvalue weighted by atomic mass is 10.1. The Bertz CT molecular complexity index is 676. The van der Waals surface area contributed by atoms with E-state index in [1.54, 1.807) is 20.3 Å². The molecular weight excluding hydrogens is 376 g/mol. The molecule has 0 spiro atoms. The van der Waals surface area contributed by atoms with E-state index < -0.39 is 0 Å². The third kappa shape index (κ3) is 5.65. The van der Waals surface area contributed by atoms with Crippen molar-refractivity contribution in [2.75, 3.05) is 65.1 Å². The van der Waals surface area contributed by atoms with Crippen LogP contribution in [0.2, 0.25) is 0 Å². The Hall–Kier alpha value is -1.70. The average molecular weight is 407 g/mol. The Morgan fingerprint density at radius 3 is 2.75 bits per heavy atom. The van der Waals surface area contributed by atoms with Gasteiger partial charge in [-0.05, 0) is 35.9 Å². The van der Waals surface area contributed by atoms with E-state index in [9.17, 15) is 4.79 Å². The summed E-state index contributed by atoms with van der Waals surface area (Å²) in [4.78, 5) is 17.4. The second-order valence-corrected chi connectivity index (χ2v) is 8.12. The van der Waals surface area contributed by atoms with Gasteiger partial charge in [-0.25, -0.2) is 0 Å². The highest BCUT2D eigenvalue weighted by atomic mass is 32.2. The summed E-state index contributed by atoms with van der Waals surface area (Å²) in [5.74, 6) is 3.53. The van der Waals surface area contributed by atoms with Crippen LogP contribution in [0.15, 0.2) is 24.3 Å². The predicted octanol–water partition coefficient (Wildman–Crippen LogP) is 2.38. The van der Waals surface area contributed by atoms with E-state index in [-0.39, 0.29) is 11.9 Å². The quantitative estimate of drug-likeness (QED) is 0.676. The largest absolute Gasteiger partial charge is 0.493 e. The lowest BCUT2D eigenvalue weighted by Crippen LogP contribution is -2.50. The van der Waals surface area contributed by atoms with Crippen molar-refractivity contribution in [2.45, 2.75) is 12.5 Å². The number of methoxy groups -OCH3 is 2. The van der Waals surface area contributed by atoms with Crippen LogP contribution in [0.5, 0.6) is 11.5 Å². The SMILES string of the molecule is COc1ccc(/C=C/C(=O)N2CCCSCC2CN2CCOCC2)cc1OC. The Balaban J connectivity index is 1.68. The summed E-state index contributed by atoms with van der Waals surface area (Å²) < 4.78 is 16.1. The molecule has 154 valence electrons. The lowest BCUT2D eigenvalue weighted by molar-refractivity contribution is -0.128. The number of amides is 1. The zero-order valence-electron chi connectivity index (χ0n) is 16.8. The third-order valence-electron chi connectivity index (χ3n) is 5.12. The van der Waals surface area contributed by atoms with Crippen LogP contribution in [0.4, 0.5) is 0 Å². The number of hydrogen-bond acceptors (Lipinski definition) is 6. The molecule has 2 heterocycles. The first-order valence-electron chi connectivity index (χ1n) is 9.80. The van der Waals surface area contributed by atoms with E-state index in [2.05, 4.69) is 4.90 Å². The molecule has 2 fully saturated rings.